The number of nitrogens with one attached hydrogen (secondary N) is 2. The van der Waals surface area contributed by atoms with Crippen molar-refractivity contribution in [1.82, 2.24) is 10.6 Å². The van der Waals surface area contributed by atoms with Gasteiger partial charge in [0.1, 0.15) is 6.29 Å². The SMILES string of the molecule is CC(O)CCCCC#Cc1ccc(CNC2CCC(=O)NC2=O)c(C=O)c1. The largest absolute Gasteiger partial charge is 0.393 e. The molecule has 0 bridgehead atoms. The molecule has 2 rings (SSSR count). The quantitative estimate of drug-likeness (QED) is 0.280. The van der Waals surface area contributed by atoms with Gasteiger partial charge in [0, 0.05) is 30.5 Å². The summed E-state index contributed by atoms with van der Waals surface area (Å²) in [6, 6.07) is 5.01. The summed E-state index contributed by atoms with van der Waals surface area (Å²) in [5, 5.41) is 14.6. The molecule has 2 amide bonds. The van der Waals surface area contributed by atoms with Crippen LogP contribution in [0.15, 0.2) is 18.2 Å². The first-order valence-corrected chi connectivity index (χ1v) is 9.31. The summed E-state index contributed by atoms with van der Waals surface area (Å²) in [5.74, 6) is 5.58. The lowest BCUT2D eigenvalue weighted by atomic mass is 10.0. The lowest BCUT2D eigenvalue weighted by Gasteiger charge is -2.22. The smallest absolute Gasteiger partial charge is 0.243 e. The molecule has 2 unspecified atom stereocenters. The van der Waals surface area contributed by atoms with Gasteiger partial charge in [0.05, 0.1) is 12.1 Å². The second kappa shape index (κ2) is 10.6. The van der Waals surface area contributed by atoms with Gasteiger partial charge < -0.3 is 10.4 Å². The highest BCUT2D eigenvalue weighted by Gasteiger charge is 2.25. The lowest BCUT2D eigenvalue weighted by molar-refractivity contribution is -0.134. The second-order valence-corrected chi connectivity index (χ2v) is 6.81. The van der Waals surface area contributed by atoms with Crippen LogP contribution in [0.4, 0.5) is 0 Å². The van der Waals surface area contributed by atoms with Crippen LogP contribution in [0, 0.1) is 11.8 Å². The fourth-order valence-electron chi connectivity index (χ4n) is 2.88. The Kier molecular flexibility index (Phi) is 8.18. The minimum absolute atomic E-state index is 0.250. The third-order valence-corrected chi connectivity index (χ3v) is 4.46. The molecule has 144 valence electrons. The van der Waals surface area contributed by atoms with Crippen LogP contribution < -0.4 is 10.6 Å². The number of hydrogen-bond donors (Lipinski definition) is 3. The van der Waals surface area contributed by atoms with Gasteiger partial charge in [-0.3, -0.25) is 19.7 Å². The molecule has 3 N–H and O–H groups in total. The van der Waals surface area contributed by atoms with E-state index in [4.69, 9.17) is 0 Å². The van der Waals surface area contributed by atoms with E-state index in [2.05, 4.69) is 22.5 Å². The summed E-state index contributed by atoms with van der Waals surface area (Å²) in [7, 11) is 0. The molecular formula is C21H26N2O4. The van der Waals surface area contributed by atoms with Crippen molar-refractivity contribution in [2.45, 2.75) is 64.1 Å². The highest BCUT2D eigenvalue weighted by molar-refractivity contribution is 6.00. The molecule has 2 atom stereocenters. The van der Waals surface area contributed by atoms with E-state index in [1.807, 2.05) is 12.1 Å². The number of benzene rings is 1. The number of aliphatic hydroxyl groups is 1. The molecule has 1 aliphatic rings. The van der Waals surface area contributed by atoms with E-state index in [1.165, 1.54) is 0 Å². The van der Waals surface area contributed by atoms with Crippen molar-refractivity contribution >= 4 is 18.1 Å². The molecule has 1 aromatic carbocycles. The van der Waals surface area contributed by atoms with Gasteiger partial charge in [0.25, 0.3) is 0 Å². The van der Waals surface area contributed by atoms with Gasteiger partial charge in [-0.2, -0.15) is 0 Å². The zero-order chi connectivity index (χ0) is 19.6. The van der Waals surface area contributed by atoms with Crippen molar-refractivity contribution in [2.24, 2.45) is 0 Å². The fraction of sp³-hybridized carbons (Fsp3) is 0.476. The number of piperidine rings is 1. The van der Waals surface area contributed by atoms with Gasteiger partial charge in [-0.25, -0.2) is 0 Å². The van der Waals surface area contributed by atoms with Crippen molar-refractivity contribution in [2.75, 3.05) is 0 Å². The third-order valence-electron chi connectivity index (χ3n) is 4.46. The lowest BCUT2D eigenvalue weighted by Crippen LogP contribution is -2.50. The summed E-state index contributed by atoms with van der Waals surface area (Å²) in [6.45, 7) is 2.15. The summed E-state index contributed by atoms with van der Waals surface area (Å²) in [6.07, 6.45) is 4.70. The van der Waals surface area contributed by atoms with Crippen LogP contribution in [0.1, 0.15) is 66.9 Å². The monoisotopic (exact) mass is 370 g/mol. The average Bonchev–Trinajstić information content (AvgIpc) is 2.64. The topological polar surface area (TPSA) is 95.5 Å². The summed E-state index contributed by atoms with van der Waals surface area (Å²) in [5.41, 5.74) is 2.10. The van der Waals surface area contributed by atoms with Crippen LogP contribution in [0.2, 0.25) is 0 Å². The van der Waals surface area contributed by atoms with Gasteiger partial charge in [-0.1, -0.05) is 17.9 Å². The predicted molar refractivity (Wildman–Crippen MR) is 102 cm³/mol. The van der Waals surface area contributed by atoms with E-state index >= 15 is 0 Å². The number of imide groups is 1. The van der Waals surface area contributed by atoms with Gasteiger partial charge in [-0.05, 0) is 50.3 Å². The van der Waals surface area contributed by atoms with E-state index in [1.54, 1.807) is 13.0 Å². The van der Waals surface area contributed by atoms with E-state index in [-0.39, 0.29) is 17.9 Å². The van der Waals surface area contributed by atoms with Crippen LogP contribution in [0.5, 0.6) is 0 Å². The normalized spacial score (nSPS) is 17.6. The van der Waals surface area contributed by atoms with E-state index in [0.29, 0.717) is 24.9 Å². The van der Waals surface area contributed by atoms with Crippen LogP contribution in [0.25, 0.3) is 0 Å². The molecule has 0 aromatic heterocycles. The summed E-state index contributed by atoms with van der Waals surface area (Å²) >= 11 is 0. The molecule has 0 spiro atoms. The molecule has 0 aliphatic carbocycles. The van der Waals surface area contributed by atoms with Crippen LogP contribution in [-0.4, -0.2) is 35.4 Å². The average molecular weight is 370 g/mol. The Morgan fingerprint density at radius 1 is 1.37 bits per heavy atom. The maximum Gasteiger partial charge on any atom is 0.243 e. The molecule has 1 saturated heterocycles. The first-order chi connectivity index (χ1) is 13.0. The van der Waals surface area contributed by atoms with Gasteiger partial charge in [0.2, 0.25) is 11.8 Å². The number of amides is 2. The molecule has 0 saturated carbocycles. The zero-order valence-corrected chi connectivity index (χ0v) is 15.6. The van der Waals surface area contributed by atoms with Crippen molar-refractivity contribution in [1.29, 1.82) is 0 Å². The van der Waals surface area contributed by atoms with E-state index in [9.17, 15) is 19.5 Å². The number of carbonyl (C=O) groups excluding carboxylic acids is 3. The first kappa shape index (κ1) is 20.8. The van der Waals surface area contributed by atoms with Crippen molar-refractivity contribution < 1.29 is 19.5 Å². The van der Waals surface area contributed by atoms with Crippen LogP contribution in [-0.2, 0) is 16.1 Å². The Bertz CT molecular complexity index is 746. The molecule has 6 nitrogen and oxygen atoms in total. The number of aldehydes is 1. The predicted octanol–water partition coefficient (Wildman–Crippen LogP) is 1.69. The van der Waals surface area contributed by atoms with Crippen molar-refractivity contribution in [3.63, 3.8) is 0 Å². The Hall–Kier alpha value is -2.49. The van der Waals surface area contributed by atoms with Crippen molar-refractivity contribution in [3.8, 4) is 11.8 Å². The Morgan fingerprint density at radius 3 is 2.89 bits per heavy atom. The number of rotatable bonds is 8. The summed E-state index contributed by atoms with van der Waals surface area (Å²) < 4.78 is 0. The van der Waals surface area contributed by atoms with E-state index in [0.717, 1.165) is 43.1 Å². The Balaban J connectivity index is 1.89. The van der Waals surface area contributed by atoms with Crippen LogP contribution >= 0.6 is 0 Å². The maximum absolute atomic E-state index is 11.8. The Morgan fingerprint density at radius 2 is 2.19 bits per heavy atom. The zero-order valence-electron chi connectivity index (χ0n) is 15.6. The van der Waals surface area contributed by atoms with E-state index < -0.39 is 6.04 Å². The first-order valence-electron chi connectivity index (χ1n) is 9.31. The van der Waals surface area contributed by atoms with Gasteiger partial charge in [-0.15, -0.1) is 0 Å². The fourth-order valence-corrected chi connectivity index (χ4v) is 2.88. The molecule has 27 heavy (non-hydrogen) atoms. The minimum atomic E-state index is -0.427. The van der Waals surface area contributed by atoms with Gasteiger partial charge >= 0.3 is 0 Å². The molecule has 1 aliphatic heterocycles. The number of unbranched alkanes of at least 4 members (excludes halogenated alkanes) is 2. The summed E-state index contributed by atoms with van der Waals surface area (Å²) in [4.78, 5) is 34.3. The number of aliphatic hydroxyl groups excluding tert-OH is 1. The standard InChI is InChI=1S/C21H26N2O4/c1-15(25)6-4-2-3-5-7-16-8-9-17(18(12-16)14-24)13-22-19-10-11-20(26)23-21(19)27/h8-9,12,14-15,19,22,25H,2-4,6,10-11,13H2,1H3,(H,23,26,27). The molecule has 1 heterocycles. The third kappa shape index (κ3) is 6.97. The van der Waals surface area contributed by atoms with Crippen LogP contribution in [0.3, 0.4) is 0 Å². The number of hydrogen-bond acceptors (Lipinski definition) is 5. The molecule has 1 aromatic rings. The van der Waals surface area contributed by atoms with Gasteiger partial charge in [0.15, 0.2) is 0 Å². The maximum atomic E-state index is 11.8. The molecule has 6 heteroatoms. The second-order valence-electron chi connectivity index (χ2n) is 6.81. The highest BCUT2D eigenvalue weighted by atomic mass is 16.3. The molecule has 0 radical (unpaired) electrons. The molecule has 1 fully saturated rings. The highest BCUT2D eigenvalue weighted by Crippen LogP contribution is 2.12. The Labute approximate surface area is 159 Å². The molecular weight excluding hydrogens is 344 g/mol. The number of carbonyl (C=O) groups is 3. The minimum Gasteiger partial charge on any atom is -0.393 e. The van der Waals surface area contributed by atoms with Crippen molar-refractivity contribution in [3.05, 3.63) is 34.9 Å².